The molecule has 8 heteroatoms. The Hall–Kier alpha value is -3.26. The number of aromatic nitrogens is 4. The number of hydrogen-bond acceptors (Lipinski definition) is 6. The molecule has 2 heterocycles. The van der Waals surface area contributed by atoms with E-state index < -0.39 is 5.25 Å². The van der Waals surface area contributed by atoms with Crippen LogP contribution in [0.3, 0.4) is 0 Å². The molecule has 0 aliphatic heterocycles. The van der Waals surface area contributed by atoms with E-state index in [2.05, 4.69) is 25.5 Å². The number of nitrogens with zero attached hydrogens (tertiary/aromatic N) is 3. The first kappa shape index (κ1) is 18.1. The Morgan fingerprint density at radius 1 is 1.07 bits per heavy atom. The molecule has 1 unspecified atom stereocenters. The van der Waals surface area contributed by atoms with Crippen LogP contribution < -0.4 is 5.32 Å². The number of benzene rings is 2. The number of carbonyl (C=O) groups is 2. The van der Waals surface area contributed by atoms with E-state index in [9.17, 15) is 9.59 Å². The third-order valence-electron chi connectivity index (χ3n) is 4.31. The smallest absolute Gasteiger partial charge is 0.237 e. The molecular formula is C20H17N5O2S. The van der Waals surface area contributed by atoms with Crippen LogP contribution in [0.2, 0.25) is 0 Å². The molecule has 2 N–H and O–H groups in total. The van der Waals surface area contributed by atoms with E-state index >= 15 is 0 Å². The van der Waals surface area contributed by atoms with Crippen molar-refractivity contribution in [2.24, 2.45) is 0 Å². The second kappa shape index (κ2) is 7.40. The quantitative estimate of drug-likeness (QED) is 0.396. The highest BCUT2D eigenvalue weighted by Gasteiger charge is 2.18. The molecule has 1 amide bonds. The molecule has 0 saturated heterocycles. The minimum absolute atomic E-state index is 0.0150. The molecule has 140 valence electrons. The van der Waals surface area contributed by atoms with E-state index in [4.69, 9.17) is 0 Å². The zero-order valence-corrected chi connectivity index (χ0v) is 16.1. The first-order valence-electron chi connectivity index (χ1n) is 8.71. The van der Waals surface area contributed by atoms with E-state index in [1.807, 2.05) is 24.3 Å². The summed E-state index contributed by atoms with van der Waals surface area (Å²) in [5.41, 5.74) is 3.54. The molecule has 2 aromatic carbocycles. The SMILES string of the molecule is CC(=O)c1ccc(NC(=O)C(C)Sc2nnc3c(n2)[nH]c2ccccc23)cc1. The van der Waals surface area contributed by atoms with Gasteiger partial charge in [-0.15, -0.1) is 10.2 Å². The number of hydrogen-bond donors (Lipinski definition) is 2. The first-order chi connectivity index (χ1) is 13.5. The Kier molecular flexibility index (Phi) is 4.79. The molecule has 0 radical (unpaired) electrons. The lowest BCUT2D eigenvalue weighted by Crippen LogP contribution is -2.22. The predicted molar refractivity (Wildman–Crippen MR) is 110 cm³/mol. The summed E-state index contributed by atoms with van der Waals surface area (Å²) in [6.07, 6.45) is 0. The molecule has 2 aromatic heterocycles. The Morgan fingerprint density at radius 2 is 1.82 bits per heavy atom. The van der Waals surface area contributed by atoms with Crippen molar-refractivity contribution in [3.05, 3.63) is 54.1 Å². The summed E-state index contributed by atoms with van der Waals surface area (Å²) in [5, 5.41) is 12.2. The minimum atomic E-state index is -0.420. The number of nitrogens with one attached hydrogen (secondary N) is 2. The van der Waals surface area contributed by atoms with Gasteiger partial charge in [-0.25, -0.2) is 4.98 Å². The maximum Gasteiger partial charge on any atom is 0.237 e. The lowest BCUT2D eigenvalue weighted by atomic mass is 10.1. The van der Waals surface area contributed by atoms with Gasteiger partial charge < -0.3 is 10.3 Å². The van der Waals surface area contributed by atoms with Gasteiger partial charge in [0.1, 0.15) is 5.52 Å². The monoisotopic (exact) mass is 391 g/mol. The van der Waals surface area contributed by atoms with Crippen LogP contribution in [0.25, 0.3) is 22.1 Å². The largest absolute Gasteiger partial charge is 0.338 e. The number of thioether (sulfide) groups is 1. The minimum Gasteiger partial charge on any atom is -0.338 e. The van der Waals surface area contributed by atoms with Crippen LogP contribution in [0.1, 0.15) is 24.2 Å². The van der Waals surface area contributed by atoms with E-state index in [-0.39, 0.29) is 11.7 Å². The van der Waals surface area contributed by atoms with E-state index in [1.165, 1.54) is 18.7 Å². The van der Waals surface area contributed by atoms with Gasteiger partial charge in [0, 0.05) is 22.2 Å². The zero-order chi connectivity index (χ0) is 19.7. The van der Waals surface area contributed by atoms with E-state index in [0.29, 0.717) is 27.6 Å². The van der Waals surface area contributed by atoms with Gasteiger partial charge in [0.05, 0.1) is 5.25 Å². The fourth-order valence-corrected chi connectivity index (χ4v) is 3.51. The summed E-state index contributed by atoms with van der Waals surface area (Å²) in [5.74, 6) is -0.195. The average Bonchev–Trinajstić information content (AvgIpc) is 3.06. The summed E-state index contributed by atoms with van der Waals surface area (Å²) >= 11 is 1.23. The lowest BCUT2D eigenvalue weighted by Gasteiger charge is -2.11. The van der Waals surface area contributed by atoms with Gasteiger partial charge in [-0.05, 0) is 44.2 Å². The van der Waals surface area contributed by atoms with Crippen molar-refractivity contribution in [1.82, 2.24) is 20.2 Å². The molecule has 4 aromatic rings. The Bertz CT molecular complexity index is 1190. The fraction of sp³-hybridized carbons (Fsp3) is 0.150. The molecule has 0 spiro atoms. The third kappa shape index (κ3) is 3.59. The van der Waals surface area contributed by atoms with Crippen molar-refractivity contribution < 1.29 is 9.59 Å². The molecule has 0 aliphatic rings. The molecule has 0 fully saturated rings. The predicted octanol–water partition coefficient (Wildman–Crippen LogP) is 3.83. The number of amides is 1. The highest BCUT2D eigenvalue weighted by Crippen LogP contribution is 2.25. The van der Waals surface area contributed by atoms with Gasteiger partial charge in [0.2, 0.25) is 11.1 Å². The van der Waals surface area contributed by atoms with Gasteiger partial charge in [-0.2, -0.15) is 0 Å². The number of carbonyl (C=O) groups excluding carboxylic acids is 2. The van der Waals surface area contributed by atoms with Crippen molar-refractivity contribution in [2.45, 2.75) is 24.3 Å². The Labute approximate surface area is 165 Å². The Morgan fingerprint density at radius 3 is 2.57 bits per heavy atom. The zero-order valence-electron chi connectivity index (χ0n) is 15.3. The highest BCUT2D eigenvalue weighted by molar-refractivity contribution is 8.00. The van der Waals surface area contributed by atoms with Gasteiger partial charge in [-0.1, -0.05) is 30.0 Å². The normalized spacial score (nSPS) is 12.2. The molecule has 0 bridgehead atoms. The highest BCUT2D eigenvalue weighted by atomic mass is 32.2. The van der Waals surface area contributed by atoms with Crippen molar-refractivity contribution in [3.63, 3.8) is 0 Å². The van der Waals surface area contributed by atoms with Crippen molar-refractivity contribution in [1.29, 1.82) is 0 Å². The van der Waals surface area contributed by atoms with E-state index in [0.717, 1.165) is 10.9 Å². The second-order valence-electron chi connectivity index (χ2n) is 6.35. The number of para-hydroxylation sites is 1. The van der Waals surface area contributed by atoms with Crippen molar-refractivity contribution >= 4 is 51.2 Å². The Balaban J connectivity index is 1.47. The number of rotatable bonds is 5. The van der Waals surface area contributed by atoms with Crippen LogP contribution in [-0.2, 0) is 4.79 Å². The molecule has 1 atom stereocenters. The number of Topliss-reactive ketones (excluding diaryl/α,β-unsaturated/α-hetero) is 1. The molecule has 28 heavy (non-hydrogen) atoms. The van der Waals surface area contributed by atoms with Crippen molar-refractivity contribution in [2.75, 3.05) is 5.32 Å². The van der Waals surface area contributed by atoms with Crippen LogP contribution in [0.4, 0.5) is 5.69 Å². The van der Waals surface area contributed by atoms with Gasteiger partial charge >= 0.3 is 0 Å². The maximum absolute atomic E-state index is 12.5. The van der Waals surface area contributed by atoms with Crippen LogP contribution in [0.5, 0.6) is 0 Å². The number of aromatic amines is 1. The molecular weight excluding hydrogens is 374 g/mol. The molecule has 7 nitrogen and oxygen atoms in total. The van der Waals surface area contributed by atoms with Crippen LogP contribution in [-0.4, -0.2) is 37.1 Å². The van der Waals surface area contributed by atoms with E-state index in [1.54, 1.807) is 31.2 Å². The van der Waals surface area contributed by atoms with Crippen molar-refractivity contribution in [3.8, 4) is 0 Å². The topological polar surface area (TPSA) is 101 Å². The molecule has 0 aliphatic carbocycles. The lowest BCUT2D eigenvalue weighted by molar-refractivity contribution is -0.115. The summed E-state index contributed by atoms with van der Waals surface area (Å²) in [4.78, 5) is 31.5. The van der Waals surface area contributed by atoms with Crippen LogP contribution in [0.15, 0.2) is 53.7 Å². The molecule has 4 rings (SSSR count). The average molecular weight is 391 g/mol. The third-order valence-corrected chi connectivity index (χ3v) is 5.26. The number of H-pyrrole nitrogens is 1. The number of fused-ring (bicyclic) bond motifs is 3. The molecule has 0 saturated carbocycles. The number of ketones is 1. The second-order valence-corrected chi connectivity index (χ2v) is 7.65. The summed E-state index contributed by atoms with van der Waals surface area (Å²) < 4.78 is 0. The van der Waals surface area contributed by atoms with Crippen LogP contribution >= 0.6 is 11.8 Å². The first-order valence-corrected chi connectivity index (χ1v) is 9.59. The van der Waals surface area contributed by atoms with Gasteiger partial charge in [0.25, 0.3) is 0 Å². The fourth-order valence-electron chi connectivity index (χ4n) is 2.80. The van der Waals surface area contributed by atoms with Gasteiger partial charge in [0.15, 0.2) is 11.4 Å². The van der Waals surface area contributed by atoms with Crippen LogP contribution in [0, 0.1) is 0 Å². The van der Waals surface area contributed by atoms with Gasteiger partial charge in [-0.3, -0.25) is 9.59 Å². The maximum atomic E-state index is 12.5. The standard InChI is InChI=1S/C20H17N5O2S/c1-11(26)13-7-9-14(10-8-13)21-19(27)12(2)28-20-23-18-17(24-25-20)15-5-3-4-6-16(15)22-18/h3-10,12H,1-2H3,(H,21,27)(H,22,23,25). The summed E-state index contributed by atoms with van der Waals surface area (Å²) in [6, 6.07) is 14.6. The summed E-state index contributed by atoms with van der Waals surface area (Å²) in [6.45, 7) is 3.28. The summed E-state index contributed by atoms with van der Waals surface area (Å²) in [7, 11) is 0. The number of anilines is 1.